The van der Waals surface area contributed by atoms with Crippen LogP contribution in [-0.4, -0.2) is 47.5 Å². The molecule has 1 heterocycles. The van der Waals surface area contributed by atoms with Gasteiger partial charge in [-0.15, -0.1) is 0 Å². The highest BCUT2D eigenvalue weighted by molar-refractivity contribution is 5.75. The van der Waals surface area contributed by atoms with E-state index in [0.29, 0.717) is 6.61 Å². The fraction of sp³-hybridized carbons (Fsp3) is 0.444. The zero-order chi connectivity index (χ0) is 17.1. The molecule has 1 aromatic heterocycles. The number of carbonyl (C=O) groups is 1. The van der Waals surface area contributed by atoms with Crippen molar-refractivity contribution >= 4 is 6.03 Å². The molecule has 0 fully saturated rings. The van der Waals surface area contributed by atoms with E-state index in [-0.39, 0.29) is 18.1 Å². The Hall–Kier alpha value is -2.34. The number of urea groups is 1. The summed E-state index contributed by atoms with van der Waals surface area (Å²) >= 11 is 0. The molecule has 2 amide bonds. The minimum Gasteiger partial charge on any atom is -0.382 e. The molecule has 0 radical (unpaired) electrons. The van der Waals surface area contributed by atoms with Gasteiger partial charge in [-0.25, -0.2) is 4.79 Å². The SMILES string of the molecule is COCC(NC(=O)N(C)C1Cc2ccccc2C1)c1ccnn1C. The Kier molecular flexibility index (Phi) is 4.85. The summed E-state index contributed by atoms with van der Waals surface area (Å²) in [6.45, 7) is 0.407. The molecule has 1 aliphatic rings. The lowest BCUT2D eigenvalue weighted by Crippen LogP contribution is -2.46. The smallest absolute Gasteiger partial charge is 0.318 e. The second-order valence-corrected chi connectivity index (χ2v) is 6.28. The highest BCUT2D eigenvalue weighted by atomic mass is 16.5. The van der Waals surface area contributed by atoms with Crippen LogP contribution in [0, 0.1) is 0 Å². The van der Waals surface area contributed by atoms with E-state index in [4.69, 9.17) is 4.74 Å². The number of hydrogen-bond acceptors (Lipinski definition) is 3. The first-order chi connectivity index (χ1) is 11.6. The fourth-order valence-electron chi connectivity index (χ4n) is 3.32. The number of nitrogens with zero attached hydrogens (tertiary/aromatic N) is 3. The van der Waals surface area contributed by atoms with Gasteiger partial charge in [0.2, 0.25) is 0 Å². The van der Waals surface area contributed by atoms with E-state index in [1.807, 2.05) is 20.2 Å². The van der Waals surface area contributed by atoms with Crippen molar-refractivity contribution < 1.29 is 9.53 Å². The third-order valence-corrected chi connectivity index (χ3v) is 4.74. The number of fused-ring (bicyclic) bond motifs is 1. The molecule has 128 valence electrons. The molecule has 6 heteroatoms. The summed E-state index contributed by atoms with van der Waals surface area (Å²) in [4.78, 5) is 14.5. The Bertz CT molecular complexity index is 688. The molecule has 1 aromatic carbocycles. The van der Waals surface area contributed by atoms with Gasteiger partial charge < -0.3 is 15.0 Å². The van der Waals surface area contributed by atoms with E-state index in [1.165, 1.54) is 11.1 Å². The zero-order valence-corrected chi connectivity index (χ0v) is 14.4. The topological polar surface area (TPSA) is 59.4 Å². The molecular weight excluding hydrogens is 304 g/mol. The molecule has 24 heavy (non-hydrogen) atoms. The van der Waals surface area contributed by atoms with E-state index < -0.39 is 0 Å². The molecule has 0 saturated heterocycles. The van der Waals surface area contributed by atoms with Crippen molar-refractivity contribution in [3.05, 3.63) is 53.3 Å². The van der Waals surface area contributed by atoms with Crippen LogP contribution in [0.5, 0.6) is 0 Å². The van der Waals surface area contributed by atoms with Crippen molar-refractivity contribution in [3.8, 4) is 0 Å². The van der Waals surface area contributed by atoms with Crippen molar-refractivity contribution in [3.63, 3.8) is 0 Å². The summed E-state index contributed by atoms with van der Waals surface area (Å²) in [5, 5.41) is 7.24. The average Bonchev–Trinajstić information content (AvgIpc) is 3.19. The third kappa shape index (κ3) is 3.28. The minimum atomic E-state index is -0.221. The summed E-state index contributed by atoms with van der Waals surface area (Å²) in [6, 6.07) is 10.2. The molecule has 3 rings (SSSR count). The normalized spacial score (nSPS) is 15.1. The van der Waals surface area contributed by atoms with E-state index in [1.54, 1.807) is 22.9 Å². The van der Waals surface area contributed by atoms with Gasteiger partial charge >= 0.3 is 6.03 Å². The molecule has 6 nitrogen and oxygen atoms in total. The summed E-state index contributed by atoms with van der Waals surface area (Å²) in [5.74, 6) is 0. The molecule has 0 bridgehead atoms. The monoisotopic (exact) mass is 328 g/mol. The van der Waals surface area contributed by atoms with Crippen LogP contribution in [0.3, 0.4) is 0 Å². The van der Waals surface area contributed by atoms with Crippen LogP contribution < -0.4 is 5.32 Å². The van der Waals surface area contributed by atoms with Crippen LogP contribution >= 0.6 is 0 Å². The van der Waals surface area contributed by atoms with Gasteiger partial charge in [0.15, 0.2) is 0 Å². The van der Waals surface area contributed by atoms with Crippen molar-refractivity contribution in [1.29, 1.82) is 0 Å². The molecule has 1 aliphatic carbocycles. The zero-order valence-electron chi connectivity index (χ0n) is 14.4. The molecular formula is C18H24N4O2. The van der Waals surface area contributed by atoms with Crippen LogP contribution in [0.4, 0.5) is 4.79 Å². The number of hydrogen-bond donors (Lipinski definition) is 1. The van der Waals surface area contributed by atoms with Gasteiger partial charge in [0.1, 0.15) is 0 Å². The molecule has 0 spiro atoms. The second-order valence-electron chi connectivity index (χ2n) is 6.28. The first-order valence-corrected chi connectivity index (χ1v) is 8.17. The highest BCUT2D eigenvalue weighted by Crippen LogP contribution is 2.25. The van der Waals surface area contributed by atoms with Crippen LogP contribution in [-0.2, 0) is 24.6 Å². The van der Waals surface area contributed by atoms with Crippen molar-refractivity contribution in [2.45, 2.75) is 24.9 Å². The van der Waals surface area contributed by atoms with Crippen molar-refractivity contribution in [1.82, 2.24) is 20.0 Å². The number of nitrogens with one attached hydrogen (secondary N) is 1. The van der Waals surface area contributed by atoms with Crippen molar-refractivity contribution in [2.75, 3.05) is 20.8 Å². The standard InChI is InChI=1S/C18H24N4O2/c1-21(15-10-13-6-4-5-7-14(13)11-15)18(23)20-16(12-24-3)17-8-9-19-22(17)2/h4-9,15-16H,10-12H2,1-3H3,(H,20,23). The molecule has 1 unspecified atom stereocenters. The quantitative estimate of drug-likeness (QED) is 0.912. The largest absolute Gasteiger partial charge is 0.382 e. The lowest BCUT2D eigenvalue weighted by Gasteiger charge is -2.27. The van der Waals surface area contributed by atoms with Gasteiger partial charge in [0.05, 0.1) is 18.3 Å². The maximum atomic E-state index is 12.7. The van der Waals surface area contributed by atoms with Gasteiger partial charge in [-0.05, 0) is 30.0 Å². The molecule has 0 aliphatic heterocycles. The summed E-state index contributed by atoms with van der Waals surface area (Å²) in [7, 11) is 5.35. The Morgan fingerprint density at radius 2 is 2.04 bits per heavy atom. The van der Waals surface area contributed by atoms with E-state index in [9.17, 15) is 4.79 Å². The molecule has 2 aromatic rings. The van der Waals surface area contributed by atoms with Gasteiger partial charge in [-0.3, -0.25) is 4.68 Å². The van der Waals surface area contributed by atoms with E-state index >= 15 is 0 Å². The van der Waals surface area contributed by atoms with Crippen LogP contribution in [0.25, 0.3) is 0 Å². The summed E-state index contributed by atoms with van der Waals surface area (Å²) in [6.07, 6.45) is 3.53. The number of aryl methyl sites for hydroxylation is 1. The molecule has 0 saturated carbocycles. The number of likely N-dealkylation sites (N-methyl/N-ethyl adjacent to an activating group) is 1. The first-order valence-electron chi connectivity index (χ1n) is 8.17. The maximum absolute atomic E-state index is 12.7. The first kappa shape index (κ1) is 16.5. The highest BCUT2D eigenvalue weighted by Gasteiger charge is 2.28. The second kappa shape index (κ2) is 7.05. The summed E-state index contributed by atoms with van der Waals surface area (Å²) in [5.41, 5.74) is 3.60. The number of ether oxygens (including phenoxy) is 1. The Balaban J connectivity index is 1.66. The number of amides is 2. The van der Waals surface area contributed by atoms with Crippen LogP contribution in [0.1, 0.15) is 22.9 Å². The number of aromatic nitrogens is 2. The lowest BCUT2D eigenvalue weighted by molar-refractivity contribution is 0.150. The number of benzene rings is 1. The fourth-order valence-corrected chi connectivity index (χ4v) is 3.32. The maximum Gasteiger partial charge on any atom is 0.318 e. The predicted octanol–water partition coefficient (Wildman–Crippen LogP) is 1.92. The predicted molar refractivity (Wildman–Crippen MR) is 91.8 cm³/mol. The summed E-state index contributed by atoms with van der Waals surface area (Å²) < 4.78 is 7.02. The third-order valence-electron chi connectivity index (χ3n) is 4.74. The van der Waals surface area contributed by atoms with Gasteiger partial charge in [0, 0.05) is 33.4 Å². The number of methoxy groups -OCH3 is 1. The average molecular weight is 328 g/mol. The van der Waals surface area contributed by atoms with Crippen LogP contribution in [0.2, 0.25) is 0 Å². The van der Waals surface area contributed by atoms with Gasteiger partial charge in [0.25, 0.3) is 0 Å². The minimum absolute atomic E-state index is 0.0870. The van der Waals surface area contributed by atoms with Gasteiger partial charge in [-0.1, -0.05) is 24.3 Å². The van der Waals surface area contributed by atoms with Gasteiger partial charge in [-0.2, -0.15) is 5.10 Å². The number of carbonyl (C=O) groups excluding carboxylic acids is 1. The van der Waals surface area contributed by atoms with E-state index in [0.717, 1.165) is 18.5 Å². The number of rotatable bonds is 5. The Morgan fingerprint density at radius 1 is 1.38 bits per heavy atom. The Labute approximate surface area is 142 Å². The van der Waals surface area contributed by atoms with Crippen molar-refractivity contribution in [2.24, 2.45) is 7.05 Å². The molecule has 1 N–H and O–H groups in total. The molecule has 1 atom stereocenters. The van der Waals surface area contributed by atoms with E-state index in [2.05, 4.69) is 34.7 Å². The Morgan fingerprint density at radius 3 is 2.58 bits per heavy atom. The van der Waals surface area contributed by atoms with Crippen LogP contribution in [0.15, 0.2) is 36.5 Å². The lowest BCUT2D eigenvalue weighted by atomic mass is 10.1.